The van der Waals surface area contributed by atoms with Crippen LogP contribution < -0.4 is 4.74 Å². The number of piperidine rings is 1. The van der Waals surface area contributed by atoms with Crippen LogP contribution >= 0.6 is 0 Å². The zero-order valence-corrected chi connectivity index (χ0v) is 17.5. The van der Waals surface area contributed by atoms with Crippen LogP contribution in [0, 0.1) is 11.8 Å². The molecule has 156 valence electrons. The molecule has 2 atom stereocenters. The third-order valence-corrected chi connectivity index (χ3v) is 7.76. The Morgan fingerprint density at radius 2 is 1.82 bits per heavy atom. The van der Waals surface area contributed by atoms with Crippen molar-refractivity contribution in [1.29, 1.82) is 0 Å². The van der Waals surface area contributed by atoms with E-state index in [-0.39, 0.29) is 22.6 Å². The Balaban J connectivity index is 1.65. The molecule has 8 heteroatoms. The summed E-state index contributed by atoms with van der Waals surface area (Å²) in [6, 6.07) is 6.50. The van der Waals surface area contributed by atoms with Crippen LogP contribution in [-0.2, 0) is 19.6 Å². The van der Waals surface area contributed by atoms with Crippen LogP contribution in [0.15, 0.2) is 29.2 Å². The Labute approximate surface area is 167 Å². The van der Waals surface area contributed by atoms with Crippen molar-refractivity contribution in [2.75, 3.05) is 46.5 Å². The van der Waals surface area contributed by atoms with Gasteiger partial charge < -0.3 is 14.4 Å². The fourth-order valence-corrected chi connectivity index (χ4v) is 5.57. The highest BCUT2D eigenvalue weighted by atomic mass is 32.2. The summed E-state index contributed by atoms with van der Waals surface area (Å²) < 4.78 is 38.0. The van der Waals surface area contributed by atoms with Gasteiger partial charge >= 0.3 is 0 Å². The number of hydrogen-bond acceptors (Lipinski definition) is 5. The van der Waals surface area contributed by atoms with Gasteiger partial charge in [0.15, 0.2) is 0 Å². The molecule has 1 aromatic carbocycles. The van der Waals surface area contributed by atoms with Crippen molar-refractivity contribution in [3.63, 3.8) is 0 Å². The Hall–Kier alpha value is -1.64. The minimum absolute atomic E-state index is 0.165. The number of ether oxygens (including phenoxy) is 2. The smallest absolute Gasteiger partial charge is 0.243 e. The van der Waals surface area contributed by atoms with Crippen LogP contribution in [0.5, 0.6) is 5.75 Å². The van der Waals surface area contributed by atoms with Gasteiger partial charge in [0.2, 0.25) is 15.9 Å². The van der Waals surface area contributed by atoms with Crippen LogP contribution in [0.2, 0.25) is 0 Å². The van der Waals surface area contributed by atoms with Gasteiger partial charge in [-0.2, -0.15) is 4.31 Å². The fraction of sp³-hybridized carbons (Fsp3) is 0.650. The Morgan fingerprint density at radius 1 is 1.14 bits per heavy atom. The van der Waals surface area contributed by atoms with Crippen molar-refractivity contribution in [3.05, 3.63) is 24.3 Å². The first-order valence-electron chi connectivity index (χ1n) is 9.95. The van der Waals surface area contributed by atoms with Crippen LogP contribution in [-0.4, -0.2) is 70.0 Å². The largest absolute Gasteiger partial charge is 0.497 e. The summed E-state index contributed by atoms with van der Waals surface area (Å²) in [5.41, 5.74) is 0. The van der Waals surface area contributed by atoms with Crippen molar-refractivity contribution < 1.29 is 22.7 Å². The average Bonchev–Trinajstić information content (AvgIpc) is 2.74. The first-order chi connectivity index (χ1) is 13.5. The molecule has 2 saturated heterocycles. The SMILES string of the molecule is CC[C@H]1CN(S(=O)(=O)c2ccc(OC)cc2)CC[C@H]1CC(=O)N1CCOCC1. The summed E-state index contributed by atoms with van der Waals surface area (Å²) in [5.74, 6) is 1.21. The van der Waals surface area contributed by atoms with Gasteiger partial charge in [-0.1, -0.05) is 13.3 Å². The molecule has 2 aliphatic heterocycles. The Bertz CT molecular complexity index is 759. The molecular weight excluding hydrogens is 380 g/mol. The second-order valence-corrected chi connectivity index (χ2v) is 9.39. The normalized spacial score (nSPS) is 24.1. The van der Waals surface area contributed by atoms with E-state index in [1.165, 1.54) is 0 Å². The maximum absolute atomic E-state index is 13.0. The molecule has 1 amide bonds. The zero-order valence-electron chi connectivity index (χ0n) is 16.7. The third-order valence-electron chi connectivity index (χ3n) is 5.88. The molecule has 7 nitrogen and oxygen atoms in total. The summed E-state index contributed by atoms with van der Waals surface area (Å²) in [4.78, 5) is 14.8. The number of methoxy groups -OCH3 is 1. The number of amides is 1. The van der Waals surface area contributed by atoms with E-state index in [4.69, 9.17) is 9.47 Å². The first kappa shape index (κ1) is 21.1. The average molecular weight is 411 g/mol. The molecule has 0 N–H and O–H groups in total. The highest BCUT2D eigenvalue weighted by molar-refractivity contribution is 7.89. The lowest BCUT2D eigenvalue weighted by Gasteiger charge is -2.38. The predicted molar refractivity (Wildman–Crippen MR) is 106 cm³/mol. The number of nitrogens with zero attached hydrogens (tertiary/aromatic N) is 2. The van der Waals surface area contributed by atoms with Crippen LogP contribution in [0.3, 0.4) is 0 Å². The zero-order chi connectivity index (χ0) is 20.1. The molecule has 0 unspecified atom stereocenters. The monoisotopic (exact) mass is 410 g/mol. The van der Waals surface area contributed by atoms with Gasteiger partial charge in [0, 0.05) is 32.6 Å². The highest BCUT2D eigenvalue weighted by Crippen LogP contribution is 2.32. The van der Waals surface area contributed by atoms with Crippen molar-refractivity contribution in [2.45, 2.75) is 31.1 Å². The molecule has 2 fully saturated rings. The topological polar surface area (TPSA) is 76.2 Å². The summed E-state index contributed by atoms with van der Waals surface area (Å²) >= 11 is 0. The summed E-state index contributed by atoms with van der Waals surface area (Å²) in [6.07, 6.45) is 2.06. The van der Waals surface area contributed by atoms with Gasteiger partial charge in [0.1, 0.15) is 5.75 Å². The summed E-state index contributed by atoms with van der Waals surface area (Å²) in [5, 5.41) is 0. The minimum Gasteiger partial charge on any atom is -0.497 e. The van der Waals surface area contributed by atoms with E-state index in [0.717, 1.165) is 6.42 Å². The van der Waals surface area contributed by atoms with Crippen LogP contribution in [0.1, 0.15) is 26.2 Å². The maximum atomic E-state index is 13.0. The van der Waals surface area contributed by atoms with Gasteiger partial charge in [-0.05, 0) is 42.5 Å². The van der Waals surface area contributed by atoms with Crippen molar-refractivity contribution in [3.8, 4) is 5.75 Å². The Kier molecular flexibility index (Phi) is 6.95. The lowest BCUT2D eigenvalue weighted by molar-refractivity contribution is -0.137. The molecular formula is C20H30N2O5S. The van der Waals surface area contributed by atoms with E-state index >= 15 is 0 Å². The fourth-order valence-electron chi connectivity index (χ4n) is 4.06. The second-order valence-electron chi connectivity index (χ2n) is 7.45. The molecule has 0 aliphatic carbocycles. The first-order valence-corrected chi connectivity index (χ1v) is 11.4. The number of carbonyl (C=O) groups excluding carboxylic acids is 1. The maximum Gasteiger partial charge on any atom is 0.243 e. The molecule has 28 heavy (non-hydrogen) atoms. The van der Waals surface area contributed by atoms with Gasteiger partial charge in [0.05, 0.1) is 25.2 Å². The molecule has 2 aliphatic rings. The van der Waals surface area contributed by atoms with Crippen LogP contribution in [0.25, 0.3) is 0 Å². The molecule has 3 rings (SSSR count). The third kappa shape index (κ3) is 4.67. The lowest BCUT2D eigenvalue weighted by Crippen LogP contribution is -2.46. The molecule has 2 heterocycles. The standard InChI is InChI=1S/C20H30N2O5S/c1-3-16-15-22(28(24,25)19-6-4-18(26-2)5-7-19)9-8-17(16)14-20(23)21-10-12-27-13-11-21/h4-7,16-17H,3,8-15H2,1-2H3/t16-,17-/m0/s1. The van der Waals surface area contributed by atoms with E-state index < -0.39 is 10.0 Å². The van der Waals surface area contributed by atoms with Crippen molar-refractivity contribution in [1.82, 2.24) is 9.21 Å². The molecule has 0 radical (unpaired) electrons. The number of benzene rings is 1. The predicted octanol–water partition coefficient (Wildman–Crippen LogP) is 1.98. The molecule has 0 saturated carbocycles. The molecule has 1 aromatic rings. The number of carbonyl (C=O) groups is 1. The van der Waals surface area contributed by atoms with Crippen molar-refractivity contribution >= 4 is 15.9 Å². The molecule has 0 spiro atoms. The number of sulfonamides is 1. The summed E-state index contributed by atoms with van der Waals surface area (Å²) in [7, 11) is -1.98. The minimum atomic E-state index is -3.54. The van der Waals surface area contributed by atoms with E-state index in [1.807, 2.05) is 4.90 Å². The molecule has 0 bridgehead atoms. The number of hydrogen-bond donors (Lipinski definition) is 0. The number of rotatable bonds is 6. The second kappa shape index (κ2) is 9.24. The summed E-state index contributed by atoms with van der Waals surface area (Å²) in [6.45, 7) is 5.49. The van der Waals surface area contributed by atoms with E-state index in [9.17, 15) is 13.2 Å². The van der Waals surface area contributed by atoms with Gasteiger partial charge in [-0.25, -0.2) is 8.42 Å². The van der Waals surface area contributed by atoms with Crippen molar-refractivity contribution in [2.24, 2.45) is 11.8 Å². The Morgan fingerprint density at radius 3 is 2.43 bits per heavy atom. The van der Waals surface area contributed by atoms with Gasteiger partial charge in [0.25, 0.3) is 0 Å². The van der Waals surface area contributed by atoms with E-state index in [1.54, 1.807) is 35.7 Å². The molecule has 0 aromatic heterocycles. The van der Waals surface area contributed by atoms with Gasteiger partial charge in [-0.15, -0.1) is 0 Å². The van der Waals surface area contributed by atoms with Crippen LogP contribution in [0.4, 0.5) is 0 Å². The lowest BCUT2D eigenvalue weighted by atomic mass is 9.82. The van der Waals surface area contributed by atoms with Gasteiger partial charge in [-0.3, -0.25) is 4.79 Å². The van der Waals surface area contributed by atoms with E-state index in [0.29, 0.717) is 58.0 Å². The van der Waals surface area contributed by atoms with E-state index in [2.05, 4.69) is 6.92 Å². The quantitative estimate of drug-likeness (QED) is 0.717. The number of morpholine rings is 1. The highest BCUT2D eigenvalue weighted by Gasteiger charge is 2.36.